The quantitative estimate of drug-likeness (QED) is 0.768. The van der Waals surface area contributed by atoms with Crippen molar-refractivity contribution in [3.8, 4) is 5.75 Å². The van der Waals surface area contributed by atoms with Gasteiger partial charge in [-0.3, -0.25) is 4.79 Å². The fraction of sp³-hybridized carbons (Fsp3) is 0.533. The molecule has 3 heteroatoms. The first-order valence-corrected chi connectivity index (χ1v) is 6.58. The van der Waals surface area contributed by atoms with Crippen LogP contribution in [0.2, 0.25) is 0 Å². The Hall–Kier alpha value is -1.51. The molecule has 0 fully saturated rings. The molecule has 1 heterocycles. The number of rotatable bonds is 3. The number of nitrogens with zero attached hydrogens (tertiary/aromatic N) is 1. The Morgan fingerprint density at radius 2 is 2.22 bits per heavy atom. The van der Waals surface area contributed by atoms with Crippen molar-refractivity contribution in [2.75, 3.05) is 18.5 Å². The van der Waals surface area contributed by atoms with Gasteiger partial charge in [-0.25, -0.2) is 0 Å². The summed E-state index contributed by atoms with van der Waals surface area (Å²) in [5.41, 5.74) is 1.79. The standard InChI is InChI=1S/C15H21NO2/c1-5-13(17)11-6-7-14-12(8-11)16(4)9-15(18-14)10(2)3/h6-8,10,15H,5,9H2,1-4H3. The lowest BCUT2D eigenvalue weighted by Crippen LogP contribution is -2.40. The lowest BCUT2D eigenvalue weighted by Gasteiger charge is -2.36. The fourth-order valence-corrected chi connectivity index (χ4v) is 2.21. The topological polar surface area (TPSA) is 29.5 Å². The summed E-state index contributed by atoms with van der Waals surface area (Å²) in [4.78, 5) is 13.9. The number of likely N-dealkylation sites (N-methyl/N-ethyl adjacent to an activating group) is 1. The summed E-state index contributed by atoms with van der Waals surface area (Å²) in [6.07, 6.45) is 0.757. The van der Waals surface area contributed by atoms with Crippen molar-refractivity contribution in [2.45, 2.75) is 33.3 Å². The van der Waals surface area contributed by atoms with Gasteiger partial charge >= 0.3 is 0 Å². The van der Waals surface area contributed by atoms with Gasteiger partial charge in [0, 0.05) is 19.0 Å². The number of carbonyl (C=O) groups excluding carboxylic acids is 1. The highest BCUT2D eigenvalue weighted by molar-refractivity contribution is 5.97. The Kier molecular flexibility index (Phi) is 3.60. The molecule has 0 N–H and O–H groups in total. The van der Waals surface area contributed by atoms with Crippen molar-refractivity contribution in [1.82, 2.24) is 0 Å². The van der Waals surface area contributed by atoms with Crippen LogP contribution < -0.4 is 9.64 Å². The molecule has 1 aliphatic rings. The number of fused-ring (bicyclic) bond motifs is 1. The van der Waals surface area contributed by atoms with Crippen LogP contribution in [0.1, 0.15) is 37.6 Å². The zero-order valence-corrected chi connectivity index (χ0v) is 11.6. The Balaban J connectivity index is 2.32. The Labute approximate surface area is 109 Å². The monoisotopic (exact) mass is 247 g/mol. The van der Waals surface area contributed by atoms with Crippen LogP contribution in [0.3, 0.4) is 0 Å². The third-order valence-electron chi connectivity index (χ3n) is 3.49. The summed E-state index contributed by atoms with van der Waals surface area (Å²) in [5, 5.41) is 0. The van der Waals surface area contributed by atoms with Crippen molar-refractivity contribution in [3.63, 3.8) is 0 Å². The lowest BCUT2D eigenvalue weighted by molar-refractivity contribution is 0.0988. The van der Waals surface area contributed by atoms with Crippen molar-refractivity contribution < 1.29 is 9.53 Å². The van der Waals surface area contributed by atoms with Gasteiger partial charge in [-0.05, 0) is 24.1 Å². The Morgan fingerprint density at radius 3 is 2.83 bits per heavy atom. The molecule has 0 saturated heterocycles. The van der Waals surface area contributed by atoms with Crippen LogP contribution in [-0.2, 0) is 0 Å². The van der Waals surface area contributed by atoms with Gasteiger partial charge in [-0.2, -0.15) is 0 Å². The third-order valence-corrected chi connectivity index (χ3v) is 3.49. The predicted molar refractivity (Wildman–Crippen MR) is 73.6 cm³/mol. The zero-order valence-electron chi connectivity index (χ0n) is 11.6. The fourth-order valence-electron chi connectivity index (χ4n) is 2.21. The normalized spacial score (nSPS) is 18.5. The number of ether oxygens (including phenoxy) is 1. The number of hydrogen-bond acceptors (Lipinski definition) is 3. The Morgan fingerprint density at radius 1 is 1.50 bits per heavy atom. The molecule has 0 saturated carbocycles. The summed E-state index contributed by atoms with van der Waals surface area (Å²) >= 11 is 0. The van der Waals surface area contributed by atoms with E-state index in [1.54, 1.807) is 0 Å². The summed E-state index contributed by atoms with van der Waals surface area (Å²) in [7, 11) is 2.05. The second-order valence-corrected chi connectivity index (χ2v) is 5.24. The first-order chi connectivity index (χ1) is 8.52. The van der Waals surface area contributed by atoms with Crippen molar-refractivity contribution in [1.29, 1.82) is 0 Å². The summed E-state index contributed by atoms with van der Waals surface area (Å²) < 4.78 is 5.98. The van der Waals surface area contributed by atoms with E-state index in [1.807, 2.05) is 25.1 Å². The molecule has 0 aromatic heterocycles. The van der Waals surface area contributed by atoms with Gasteiger partial charge in [-0.1, -0.05) is 20.8 Å². The maximum atomic E-state index is 11.7. The molecule has 0 radical (unpaired) electrons. The van der Waals surface area contributed by atoms with Crippen LogP contribution in [0, 0.1) is 5.92 Å². The van der Waals surface area contributed by atoms with Gasteiger partial charge in [-0.15, -0.1) is 0 Å². The lowest BCUT2D eigenvalue weighted by atomic mass is 10.0. The zero-order chi connectivity index (χ0) is 13.3. The maximum absolute atomic E-state index is 11.7. The molecule has 1 atom stereocenters. The molecule has 0 bridgehead atoms. The van der Waals surface area contributed by atoms with Crippen molar-refractivity contribution in [3.05, 3.63) is 23.8 Å². The first-order valence-electron chi connectivity index (χ1n) is 6.58. The first kappa shape index (κ1) is 12.9. The maximum Gasteiger partial charge on any atom is 0.162 e. The molecule has 1 aromatic carbocycles. The van der Waals surface area contributed by atoms with Crippen molar-refractivity contribution in [2.24, 2.45) is 5.92 Å². The average molecular weight is 247 g/mol. The SMILES string of the molecule is CCC(=O)c1ccc2c(c1)N(C)CC(C(C)C)O2. The molecular weight excluding hydrogens is 226 g/mol. The molecule has 3 nitrogen and oxygen atoms in total. The number of benzene rings is 1. The summed E-state index contributed by atoms with van der Waals surface area (Å²) in [6, 6.07) is 5.72. The minimum Gasteiger partial charge on any atom is -0.486 e. The third kappa shape index (κ3) is 2.35. The molecular formula is C15H21NO2. The summed E-state index contributed by atoms with van der Waals surface area (Å²) in [6.45, 7) is 7.09. The molecule has 1 aromatic rings. The van der Waals surface area contributed by atoms with E-state index in [4.69, 9.17) is 4.74 Å². The minimum absolute atomic E-state index is 0.178. The van der Waals surface area contributed by atoms with Gasteiger partial charge in [0.25, 0.3) is 0 Å². The number of carbonyl (C=O) groups is 1. The molecule has 1 aliphatic heterocycles. The number of ketones is 1. The minimum atomic E-state index is 0.178. The van der Waals surface area contributed by atoms with Crippen LogP contribution >= 0.6 is 0 Å². The van der Waals surface area contributed by atoms with E-state index in [0.717, 1.165) is 23.5 Å². The highest BCUT2D eigenvalue weighted by Crippen LogP contribution is 2.35. The second kappa shape index (κ2) is 5.01. The van der Waals surface area contributed by atoms with Gasteiger partial charge in [0.05, 0.1) is 12.2 Å². The van der Waals surface area contributed by atoms with Gasteiger partial charge in [0.2, 0.25) is 0 Å². The van der Waals surface area contributed by atoms with E-state index >= 15 is 0 Å². The number of hydrogen-bond donors (Lipinski definition) is 0. The van der Waals surface area contributed by atoms with E-state index < -0.39 is 0 Å². The van der Waals surface area contributed by atoms with Crippen LogP contribution in [0.15, 0.2) is 18.2 Å². The number of anilines is 1. The van der Waals surface area contributed by atoms with Gasteiger partial charge < -0.3 is 9.64 Å². The highest BCUT2D eigenvalue weighted by Gasteiger charge is 2.26. The molecule has 2 rings (SSSR count). The van der Waals surface area contributed by atoms with Gasteiger partial charge in [0.15, 0.2) is 5.78 Å². The van der Waals surface area contributed by atoms with Crippen LogP contribution in [0.25, 0.3) is 0 Å². The largest absolute Gasteiger partial charge is 0.486 e. The van der Waals surface area contributed by atoms with E-state index in [-0.39, 0.29) is 11.9 Å². The van der Waals surface area contributed by atoms with Crippen LogP contribution in [0.5, 0.6) is 5.75 Å². The molecule has 1 unspecified atom stereocenters. The smallest absolute Gasteiger partial charge is 0.162 e. The van der Waals surface area contributed by atoms with Crippen LogP contribution in [0.4, 0.5) is 5.69 Å². The highest BCUT2D eigenvalue weighted by atomic mass is 16.5. The van der Waals surface area contributed by atoms with E-state index in [9.17, 15) is 4.79 Å². The van der Waals surface area contributed by atoms with E-state index in [1.165, 1.54) is 0 Å². The molecule has 0 spiro atoms. The molecule has 98 valence electrons. The van der Waals surface area contributed by atoms with Crippen LogP contribution in [-0.4, -0.2) is 25.5 Å². The summed E-state index contributed by atoms with van der Waals surface area (Å²) in [5.74, 6) is 1.55. The van der Waals surface area contributed by atoms with E-state index in [0.29, 0.717) is 12.3 Å². The second-order valence-electron chi connectivity index (χ2n) is 5.24. The molecule has 18 heavy (non-hydrogen) atoms. The Bertz CT molecular complexity index is 454. The molecule has 0 aliphatic carbocycles. The molecule has 0 amide bonds. The average Bonchev–Trinajstić information content (AvgIpc) is 2.37. The number of Topliss-reactive ketones (excluding diaryl/α,β-unsaturated/α-hetero) is 1. The predicted octanol–water partition coefficient (Wildman–Crippen LogP) is 3.13. The van der Waals surface area contributed by atoms with Gasteiger partial charge in [0.1, 0.15) is 11.9 Å². The van der Waals surface area contributed by atoms with Crippen molar-refractivity contribution >= 4 is 11.5 Å². The van der Waals surface area contributed by atoms with E-state index in [2.05, 4.69) is 25.8 Å².